The van der Waals surface area contributed by atoms with E-state index in [0.717, 1.165) is 33.7 Å². The average molecular weight is 427 g/mol. The Morgan fingerprint density at radius 2 is 2.00 bits per heavy atom. The van der Waals surface area contributed by atoms with Crippen LogP contribution >= 0.6 is 23.1 Å². The first-order chi connectivity index (χ1) is 14.0. The van der Waals surface area contributed by atoms with Crippen LogP contribution < -0.4 is 5.32 Å². The predicted octanol–water partition coefficient (Wildman–Crippen LogP) is 4.42. The van der Waals surface area contributed by atoms with Gasteiger partial charge in [0.25, 0.3) is 5.24 Å². The van der Waals surface area contributed by atoms with Gasteiger partial charge in [0.15, 0.2) is 5.78 Å². The number of thiophene rings is 1. The minimum atomic E-state index is -0.406. The Morgan fingerprint density at radius 3 is 2.66 bits per heavy atom. The van der Waals surface area contributed by atoms with Gasteiger partial charge < -0.3 is 4.42 Å². The lowest BCUT2D eigenvalue weighted by Crippen LogP contribution is -2.25. The highest BCUT2D eigenvalue weighted by molar-refractivity contribution is 8.15. The highest BCUT2D eigenvalue weighted by atomic mass is 32.2. The number of hydrogen-bond acceptors (Lipinski definition) is 7. The molecule has 29 heavy (non-hydrogen) atoms. The van der Waals surface area contributed by atoms with E-state index in [9.17, 15) is 14.4 Å². The maximum Gasteiger partial charge on any atom is 0.286 e. The zero-order valence-electron chi connectivity index (χ0n) is 15.6. The first-order valence-corrected chi connectivity index (χ1v) is 10.9. The van der Waals surface area contributed by atoms with Crippen molar-refractivity contribution >= 4 is 40.0 Å². The van der Waals surface area contributed by atoms with Crippen LogP contribution in [-0.4, -0.2) is 27.2 Å². The fourth-order valence-corrected chi connectivity index (χ4v) is 4.62. The van der Waals surface area contributed by atoms with Crippen LogP contribution in [0.1, 0.15) is 33.8 Å². The largest absolute Gasteiger partial charge is 0.440 e. The van der Waals surface area contributed by atoms with Crippen LogP contribution in [0.15, 0.2) is 46.2 Å². The molecular formula is C21H18N2O4S2. The van der Waals surface area contributed by atoms with Gasteiger partial charge in [0, 0.05) is 18.4 Å². The van der Waals surface area contributed by atoms with E-state index >= 15 is 0 Å². The summed E-state index contributed by atoms with van der Waals surface area (Å²) in [5.74, 6) is 1.10. The van der Waals surface area contributed by atoms with Crippen LogP contribution in [0, 0.1) is 6.92 Å². The van der Waals surface area contributed by atoms with Crippen molar-refractivity contribution in [2.75, 3.05) is 0 Å². The molecule has 1 unspecified atom stereocenters. The Labute approximate surface area is 175 Å². The van der Waals surface area contributed by atoms with Crippen LogP contribution in [0.3, 0.4) is 0 Å². The van der Waals surface area contributed by atoms with Gasteiger partial charge in [0.05, 0.1) is 15.8 Å². The van der Waals surface area contributed by atoms with Crippen molar-refractivity contribution in [1.82, 2.24) is 10.3 Å². The molecule has 0 radical (unpaired) electrons. The van der Waals surface area contributed by atoms with E-state index in [0.29, 0.717) is 30.7 Å². The summed E-state index contributed by atoms with van der Waals surface area (Å²) in [7, 11) is 0. The van der Waals surface area contributed by atoms with E-state index in [2.05, 4.69) is 10.3 Å². The van der Waals surface area contributed by atoms with Crippen LogP contribution in [0.4, 0.5) is 4.79 Å². The monoisotopic (exact) mass is 426 g/mol. The van der Waals surface area contributed by atoms with Crippen LogP contribution in [-0.2, 0) is 17.6 Å². The van der Waals surface area contributed by atoms with Crippen molar-refractivity contribution < 1.29 is 18.8 Å². The quantitative estimate of drug-likeness (QED) is 0.563. The summed E-state index contributed by atoms with van der Waals surface area (Å²) in [6, 6.07) is 11.1. The number of thioether (sulfide) groups is 1. The minimum absolute atomic E-state index is 0.0276. The molecule has 1 N–H and O–H groups in total. The molecule has 4 rings (SSSR count). The Hall–Kier alpha value is -2.71. The fraction of sp³-hybridized carbons (Fsp3) is 0.238. The van der Waals surface area contributed by atoms with Crippen LogP contribution in [0.2, 0.25) is 0 Å². The number of carbonyl (C=O) groups is 3. The van der Waals surface area contributed by atoms with Gasteiger partial charge in [-0.05, 0) is 30.4 Å². The van der Waals surface area contributed by atoms with E-state index in [4.69, 9.17) is 4.42 Å². The number of nitrogens with zero attached hydrogens (tertiary/aromatic N) is 1. The summed E-state index contributed by atoms with van der Waals surface area (Å²) >= 11 is 2.57. The number of benzene rings is 1. The molecule has 0 spiro atoms. The predicted molar refractivity (Wildman–Crippen MR) is 112 cm³/mol. The van der Waals surface area contributed by atoms with Crippen LogP contribution in [0.25, 0.3) is 10.8 Å². The number of nitrogens with one attached hydrogen (secondary N) is 1. The molecule has 0 saturated carbocycles. The minimum Gasteiger partial charge on any atom is -0.440 e. The number of aromatic nitrogens is 1. The zero-order valence-corrected chi connectivity index (χ0v) is 17.3. The first kappa shape index (κ1) is 19.6. The van der Waals surface area contributed by atoms with Gasteiger partial charge in [0.2, 0.25) is 11.8 Å². The number of carbonyl (C=O) groups excluding carboxylic acids is 3. The molecule has 2 aromatic heterocycles. The smallest absolute Gasteiger partial charge is 0.286 e. The fourth-order valence-electron chi connectivity index (χ4n) is 3.11. The molecule has 148 valence electrons. The van der Waals surface area contributed by atoms with Crippen LogP contribution in [0.5, 0.6) is 0 Å². The lowest BCUT2D eigenvalue weighted by atomic mass is 10.0. The summed E-state index contributed by atoms with van der Waals surface area (Å²) in [5, 5.41) is 3.54. The first-order valence-electron chi connectivity index (χ1n) is 9.13. The van der Waals surface area contributed by atoms with E-state index in [1.807, 2.05) is 36.6 Å². The summed E-state index contributed by atoms with van der Waals surface area (Å²) in [4.78, 5) is 41.0. The molecule has 1 aromatic carbocycles. The third-order valence-electron chi connectivity index (χ3n) is 4.68. The number of aryl methyl sites for hydroxylation is 2. The number of oxazole rings is 1. The van der Waals surface area contributed by atoms with E-state index in [1.165, 1.54) is 0 Å². The normalized spacial score (nSPS) is 16.2. The number of rotatable bonds is 7. The Morgan fingerprint density at radius 1 is 1.21 bits per heavy atom. The van der Waals surface area contributed by atoms with Crippen molar-refractivity contribution in [3.8, 4) is 10.8 Å². The highest BCUT2D eigenvalue weighted by Gasteiger charge is 2.31. The zero-order chi connectivity index (χ0) is 20.4. The average Bonchev–Trinajstić information content (AvgIpc) is 3.42. The van der Waals surface area contributed by atoms with E-state index < -0.39 is 5.25 Å². The summed E-state index contributed by atoms with van der Waals surface area (Å²) in [6.07, 6.45) is 1.31. The molecule has 1 fully saturated rings. The van der Waals surface area contributed by atoms with Gasteiger partial charge in [-0.15, -0.1) is 11.3 Å². The highest BCUT2D eigenvalue weighted by Crippen LogP contribution is 2.27. The molecule has 3 aromatic rings. The van der Waals surface area contributed by atoms with Crippen molar-refractivity contribution in [2.45, 2.75) is 31.4 Å². The molecule has 0 aliphatic carbocycles. The lowest BCUT2D eigenvalue weighted by molar-refractivity contribution is -0.118. The van der Waals surface area contributed by atoms with Gasteiger partial charge >= 0.3 is 0 Å². The summed E-state index contributed by atoms with van der Waals surface area (Å²) < 4.78 is 5.72. The van der Waals surface area contributed by atoms with Gasteiger partial charge in [-0.2, -0.15) is 0 Å². The molecule has 1 aliphatic rings. The molecule has 3 heterocycles. The van der Waals surface area contributed by atoms with Gasteiger partial charge in [-0.25, -0.2) is 4.98 Å². The Kier molecular flexibility index (Phi) is 5.64. The van der Waals surface area contributed by atoms with Gasteiger partial charge in [-0.1, -0.05) is 42.1 Å². The number of ketones is 1. The molecule has 1 aliphatic heterocycles. The Balaban J connectivity index is 1.35. The van der Waals surface area contributed by atoms with Gasteiger partial charge in [0.1, 0.15) is 5.76 Å². The summed E-state index contributed by atoms with van der Waals surface area (Å²) in [6.45, 7) is 1.86. The molecular weight excluding hydrogens is 408 g/mol. The number of imide groups is 1. The molecule has 0 bridgehead atoms. The Bertz CT molecular complexity index is 1060. The molecule has 8 heteroatoms. The second-order valence-electron chi connectivity index (χ2n) is 6.71. The molecule has 2 amide bonds. The third-order valence-corrected chi connectivity index (χ3v) is 6.52. The second-order valence-corrected chi connectivity index (χ2v) is 8.83. The van der Waals surface area contributed by atoms with E-state index in [1.54, 1.807) is 23.5 Å². The van der Waals surface area contributed by atoms with Crippen molar-refractivity contribution in [3.05, 3.63) is 64.4 Å². The standard InChI is InChI=1S/C21H18N2O4S2/c1-12-15(22-20(27-12)17-3-2-10-28-17)8-9-16(24)14-6-4-13(5-7-14)11-18-19(25)23-21(26)29-18/h2-7,10,18H,8-9,11H2,1H3,(H,23,25,26). The topological polar surface area (TPSA) is 89.3 Å². The molecule has 6 nitrogen and oxygen atoms in total. The lowest BCUT2D eigenvalue weighted by Gasteiger charge is -2.06. The van der Waals surface area contributed by atoms with Crippen molar-refractivity contribution in [1.29, 1.82) is 0 Å². The van der Waals surface area contributed by atoms with Crippen molar-refractivity contribution in [2.24, 2.45) is 0 Å². The SMILES string of the molecule is Cc1oc(-c2cccs2)nc1CCC(=O)c1ccc(CC2SC(=O)NC2=O)cc1. The van der Waals surface area contributed by atoms with Gasteiger partial charge in [-0.3, -0.25) is 19.7 Å². The maximum absolute atomic E-state index is 12.5. The number of hydrogen-bond donors (Lipinski definition) is 1. The number of amides is 2. The maximum atomic E-state index is 12.5. The third kappa shape index (κ3) is 4.49. The summed E-state index contributed by atoms with van der Waals surface area (Å²) in [5.41, 5.74) is 2.33. The molecule has 1 saturated heterocycles. The van der Waals surface area contributed by atoms with E-state index in [-0.39, 0.29) is 16.9 Å². The molecule has 1 atom stereocenters. The number of Topliss-reactive ketones (excluding diaryl/α,β-unsaturated/α-hetero) is 1. The van der Waals surface area contributed by atoms with Crippen molar-refractivity contribution in [3.63, 3.8) is 0 Å². The second kappa shape index (κ2) is 8.34.